The summed E-state index contributed by atoms with van der Waals surface area (Å²) >= 11 is 2.76. The van der Waals surface area contributed by atoms with Gasteiger partial charge in [0.2, 0.25) is 5.91 Å². The molecular formula is C20H20FN3O4S2. The minimum atomic E-state index is -0.446. The SMILES string of the molecule is CCOCCn1c(=NC(=O)CCSc2ccc(F)cc2)sc2ccc([N+](=O)[O-])cc21. The molecule has 1 amide bonds. The molecule has 7 nitrogen and oxygen atoms in total. The molecule has 0 bridgehead atoms. The lowest BCUT2D eigenvalue weighted by Crippen LogP contribution is -2.19. The van der Waals surface area contributed by atoms with Gasteiger partial charge in [-0.1, -0.05) is 11.3 Å². The van der Waals surface area contributed by atoms with Crippen molar-refractivity contribution in [3.8, 4) is 0 Å². The highest BCUT2D eigenvalue weighted by atomic mass is 32.2. The van der Waals surface area contributed by atoms with Crippen LogP contribution in [0.4, 0.5) is 10.1 Å². The third kappa shape index (κ3) is 5.74. The Morgan fingerprint density at radius 1 is 1.30 bits per heavy atom. The Morgan fingerprint density at radius 2 is 2.07 bits per heavy atom. The number of benzene rings is 2. The molecule has 158 valence electrons. The summed E-state index contributed by atoms with van der Waals surface area (Å²) in [6, 6.07) is 10.7. The minimum absolute atomic E-state index is 0.0148. The van der Waals surface area contributed by atoms with Gasteiger partial charge in [-0.05, 0) is 37.3 Å². The number of hydrogen-bond acceptors (Lipinski definition) is 6. The molecule has 0 aliphatic rings. The second-order valence-corrected chi connectivity index (χ2v) is 8.38. The Bertz CT molecular complexity index is 1110. The Labute approximate surface area is 180 Å². The number of thioether (sulfide) groups is 1. The first-order chi connectivity index (χ1) is 14.5. The standard InChI is InChI=1S/C20H20FN3O4S2/c1-2-28-11-10-23-17-13-15(24(26)27)5-8-18(17)30-20(23)22-19(25)9-12-29-16-6-3-14(21)4-7-16/h3-8,13H,2,9-12H2,1H3. The van der Waals surface area contributed by atoms with E-state index in [4.69, 9.17) is 4.74 Å². The summed E-state index contributed by atoms with van der Waals surface area (Å²) in [6.07, 6.45) is 0.224. The molecule has 0 aliphatic carbocycles. The number of nitro benzene ring substituents is 1. The van der Waals surface area contributed by atoms with Crippen molar-refractivity contribution in [3.63, 3.8) is 0 Å². The maximum atomic E-state index is 13.0. The van der Waals surface area contributed by atoms with E-state index in [9.17, 15) is 19.3 Å². The average molecular weight is 450 g/mol. The van der Waals surface area contributed by atoms with E-state index < -0.39 is 4.92 Å². The molecule has 0 unspecified atom stereocenters. The van der Waals surface area contributed by atoms with Gasteiger partial charge in [-0.3, -0.25) is 14.9 Å². The van der Waals surface area contributed by atoms with Crippen molar-refractivity contribution < 1.29 is 18.8 Å². The Balaban J connectivity index is 1.80. The fraction of sp³-hybridized carbons (Fsp3) is 0.300. The van der Waals surface area contributed by atoms with E-state index in [-0.39, 0.29) is 23.8 Å². The zero-order valence-corrected chi connectivity index (χ0v) is 17.9. The smallest absolute Gasteiger partial charge is 0.271 e. The van der Waals surface area contributed by atoms with Crippen LogP contribution in [0, 0.1) is 15.9 Å². The summed E-state index contributed by atoms with van der Waals surface area (Å²) in [6.45, 7) is 3.28. The molecule has 0 fully saturated rings. The number of nitrogens with zero attached hydrogens (tertiary/aromatic N) is 3. The number of carbonyl (C=O) groups is 1. The summed E-state index contributed by atoms with van der Waals surface area (Å²) < 4.78 is 21.0. The molecule has 0 radical (unpaired) electrons. The average Bonchev–Trinajstić information content (AvgIpc) is 3.06. The van der Waals surface area contributed by atoms with Gasteiger partial charge in [0.1, 0.15) is 5.82 Å². The second-order valence-electron chi connectivity index (χ2n) is 6.20. The largest absolute Gasteiger partial charge is 0.380 e. The monoisotopic (exact) mass is 449 g/mol. The van der Waals surface area contributed by atoms with Crippen LogP contribution in [0.1, 0.15) is 13.3 Å². The highest BCUT2D eigenvalue weighted by Crippen LogP contribution is 2.23. The minimum Gasteiger partial charge on any atom is -0.380 e. The predicted molar refractivity (Wildman–Crippen MR) is 115 cm³/mol. The number of ether oxygens (including phenoxy) is 1. The highest BCUT2D eigenvalue weighted by Gasteiger charge is 2.13. The first kappa shape index (κ1) is 22.1. The molecule has 0 saturated carbocycles. The quantitative estimate of drug-likeness (QED) is 0.209. The number of nitro groups is 1. The number of halogens is 1. The van der Waals surface area contributed by atoms with Crippen LogP contribution in [0.25, 0.3) is 10.2 Å². The lowest BCUT2D eigenvalue weighted by atomic mass is 10.3. The van der Waals surface area contributed by atoms with Crippen LogP contribution in [0.2, 0.25) is 0 Å². The van der Waals surface area contributed by atoms with Gasteiger partial charge in [-0.2, -0.15) is 4.99 Å². The van der Waals surface area contributed by atoms with Crippen LogP contribution in [0.3, 0.4) is 0 Å². The summed E-state index contributed by atoms with van der Waals surface area (Å²) in [5, 5.41) is 11.1. The number of rotatable bonds is 9. The Morgan fingerprint density at radius 3 is 2.77 bits per heavy atom. The van der Waals surface area contributed by atoms with Crippen molar-refractivity contribution >= 4 is 44.9 Å². The molecule has 1 aromatic heterocycles. The summed E-state index contributed by atoms with van der Waals surface area (Å²) in [4.78, 5) is 28.7. The van der Waals surface area contributed by atoms with Crippen molar-refractivity contribution in [1.82, 2.24) is 4.57 Å². The molecule has 0 N–H and O–H groups in total. The zero-order chi connectivity index (χ0) is 21.5. The number of carbonyl (C=O) groups excluding carboxylic acids is 1. The van der Waals surface area contributed by atoms with Gasteiger partial charge in [-0.15, -0.1) is 11.8 Å². The van der Waals surface area contributed by atoms with E-state index >= 15 is 0 Å². The molecule has 3 aromatic rings. The van der Waals surface area contributed by atoms with Crippen LogP contribution in [-0.4, -0.2) is 34.4 Å². The molecule has 10 heteroatoms. The highest BCUT2D eigenvalue weighted by molar-refractivity contribution is 7.99. The topological polar surface area (TPSA) is 86.7 Å². The number of thiazole rings is 1. The van der Waals surface area contributed by atoms with E-state index in [0.717, 1.165) is 9.60 Å². The lowest BCUT2D eigenvalue weighted by molar-refractivity contribution is -0.384. The molecule has 0 spiro atoms. The molecule has 1 heterocycles. The fourth-order valence-electron chi connectivity index (χ4n) is 2.72. The number of non-ortho nitro benzene ring substituents is 1. The van der Waals surface area contributed by atoms with Gasteiger partial charge in [0.15, 0.2) is 4.80 Å². The zero-order valence-electron chi connectivity index (χ0n) is 16.2. The maximum Gasteiger partial charge on any atom is 0.271 e. The van der Waals surface area contributed by atoms with Gasteiger partial charge in [0, 0.05) is 42.4 Å². The summed E-state index contributed by atoms with van der Waals surface area (Å²) in [5.74, 6) is -0.0635. The van der Waals surface area contributed by atoms with E-state index in [0.29, 0.717) is 35.8 Å². The van der Waals surface area contributed by atoms with Crippen molar-refractivity contribution in [3.05, 3.63) is 63.2 Å². The van der Waals surface area contributed by atoms with Crippen molar-refractivity contribution in [2.45, 2.75) is 24.8 Å². The molecule has 3 rings (SSSR count). The van der Waals surface area contributed by atoms with Gasteiger partial charge in [0.25, 0.3) is 5.69 Å². The number of hydrogen-bond donors (Lipinski definition) is 0. The first-order valence-corrected chi connectivity index (χ1v) is 11.1. The van der Waals surface area contributed by atoms with E-state index in [1.807, 2.05) is 6.92 Å². The normalized spacial score (nSPS) is 11.9. The molecule has 0 aliphatic heterocycles. The second kappa shape index (κ2) is 10.5. The van der Waals surface area contributed by atoms with E-state index in [1.54, 1.807) is 22.8 Å². The van der Waals surface area contributed by atoms with E-state index in [1.165, 1.54) is 47.4 Å². The van der Waals surface area contributed by atoms with Crippen molar-refractivity contribution in [2.75, 3.05) is 19.0 Å². The van der Waals surface area contributed by atoms with Crippen molar-refractivity contribution in [1.29, 1.82) is 0 Å². The number of amides is 1. The molecule has 2 aromatic carbocycles. The Kier molecular flexibility index (Phi) is 7.72. The van der Waals surface area contributed by atoms with Crippen LogP contribution in [0.15, 0.2) is 52.4 Å². The molecular weight excluding hydrogens is 429 g/mol. The lowest BCUT2D eigenvalue weighted by Gasteiger charge is -2.05. The maximum absolute atomic E-state index is 13.0. The van der Waals surface area contributed by atoms with Crippen LogP contribution in [-0.2, 0) is 16.1 Å². The number of aromatic nitrogens is 1. The van der Waals surface area contributed by atoms with Gasteiger partial charge in [0.05, 0.1) is 21.7 Å². The van der Waals surface area contributed by atoms with Crippen LogP contribution >= 0.6 is 23.1 Å². The molecule has 0 saturated heterocycles. The van der Waals surface area contributed by atoms with Gasteiger partial charge >= 0.3 is 0 Å². The molecule has 30 heavy (non-hydrogen) atoms. The number of fused-ring (bicyclic) bond motifs is 1. The van der Waals surface area contributed by atoms with Crippen LogP contribution < -0.4 is 4.80 Å². The third-order valence-corrected chi connectivity index (χ3v) is 6.23. The summed E-state index contributed by atoms with van der Waals surface area (Å²) in [5.41, 5.74) is 0.639. The predicted octanol–water partition coefficient (Wildman–Crippen LogP) is 4.40. The van der Waals surface area contributed by atoms with Crippen molar-refractivity contribution in [2.24, 2.45) is 4.99 Å². The van der Waals surface area contributed by atoms with E-state index in [2.05, 4.69) is 4.99 Å². The van der Waals surface area contributed by atoms with Crippen LogP contribution in [0.5, 0.6) is 0 Å². The van der Waals surface area contributed by atoms with Gasteiger partial charge < -0.3 is 9.30 Å². The molecule has 0 atom stereocenters. The fourth-order valence-corrected chi connectivity index (χ4v) is 4.62. The van der Waals surface area contributed by atoms with Gasteiger partial charge in [-0.25, -0.2) is 4.39 Å². The Hall–Kier alpha value is -2.56. The first-order valence-electron chi connectivity index (χ1n) is 9.29. The summed E-state index contributed by atoms with van der Waals surface area (Å²) in [7, 11) is 0. The third-order valence-electron chi connectivity index (χ3n) is 4.16.